The quantitative estimate of drug-likeness (QED) is 0.423. The normalized spacial score (nSPS) is 11.0. The Hall–Kier alpha value is -1.75. The average Bonchev–Trinajstić information content (AvgIpc) is 3.27. The van der Waals surface area contributed by atoms with Crippen molar-refractivity contribution in [2.45, 2.75) is 4.90 Å². The van der Waals surface area contributed by atoms with Gasteiger partial charge in [0.15, 0.2) is 0 Å². The van der Waals surface area contributed by atoms with Crippen LogP contribution in [0, 0.1) is 0 Å². The van der Waals surface area contributed by atoms with Crippen molar-refractivity contribution in [1.82, 2.24) is 4.57 Å². The maximum absolute atomic E-state index is 4.66. The minimum absolute atomic E-state index is 0.981. The van der Waals surface area contributed by atoms with Gasteiger partial charge in [-0.2, -0.15) is 0 Å². The molecule has 3 heterocycles. The number of aromatic nitrogens is 1. The van der Waals surface area contributed by atoms with Gasteiger partial charge in [-0.1, -0.05) is 24.3 Å². The van der Waals surface area contributed by atoms with E-state index in [1.54, 1.807) is 22.7 Å². The lowest BCUT2D eigenvalue weighted by molar-refractivity contribution is 1.06. The van der Waals surface area contributed by atoms with Gasteiger partial charge in [0.2, 0.25) is 0 Å². The molecule has 0 aliphatic heterocycles. The SMILES string of the molecule is Sc1ccccc1-n1c(-c2cccs2)ccc1-c1cccs1. The van der Waals surface area contributed by atoms with Crippen LogP contribution in [0.25, 0.3) is 26.8 Å². The van der Waals surface area contributed by atoms with Crippen LogP contribution in [0.3, 0.4) is 0 Å². The topological polar surface area (TPSA) is 4.93 Å². The first-order valence-electron chi connectivity index (χ1n) is 6.92. The van der Waals surface area contributed by atoms with Gasteiger partial charge in [-0.3, -0.25) is 0 Å². The van der Waals surface area contributed by atoms with Crippen molar-refractivity contribution < 1.29 is 0 Å². The van der Waals surface area contributed by atoms with Crippen LogP contribution in [0.15, 0.2) is 76.3 Å². The van der Waals surface area contributed by atoms with Crippen LogP contribution in [-0.4, -0.2) is 4.57 Å². The first kappa shape index (κ1) is 13.9. The summed E-state index contributed by atoms with van der Waals surface area (Å²) in [5, 5.41) is 4.23. The first-order valence-corrected chi connectivity index (χ1v) is 9.13. The highest BCUT2D eigenvalue weighted by atomic mass is 32.1. The van der Waals surface area contributed by atoms with Gasteiger partial charge in [0.1, 0.15) is 0 Å². The molecule has 3 aromatic heterocycles. The van der Waals surface area contributed by atoms with Crippen molar-refractivity contribution in [2.24, 2.45) is 0 Å². The van der Waals surface area contributed by atoms with Gasteiger partial charge in [-0.25, -0.2) is 0 Å². The molecule has 4 rings (SSSR count). The van der Waals surface area contributed by atoms with Crippen molar-refractivity contribution in [1.29, 1.82) is 0 Å². The Labute approximate surface area is 142 Å². The number of hydrogen-bond donors (Lipinski definition) is 1. The summed E-state index contributed by atoms with van der Waals surface area (Å²) in [6.45, 7) is 0. The molecule has 0 aliphatic rings. The molecule has 0 amide bonds. The summed E-state index contributed by atoms with van der Waals surface area (Å²) in [6, 6.07) is 21.1. The third-order valence-corrected chi connectivity index (χ3v) is 5.71. The van der Waals surface area contributed by atoms with E-state index in [0.29, 0.717) is 0 Å². The lowest BCUT2D eigenvalue weighted by Crippen LogP contribution is -1.99. The Bertz CT molecular complexity index is 835. The van der Waals surface area contributed by atoms with Crippen molar-refractivity contribution in [2.75, 3.05) is 0 Å². The minimum atomic E-state index is 0.981. The third kappa shape index (κ3) is 2.33. The number of benzene rings is 1. The molecule has 1 aromatic carbocycles. The maximum atomic E-state index is 4.66. The molecule has 0 bridgehead atoms. The summed E-state index contributed by atoms with van der Waals surface area (Å²) in [5.41, 5.74) is 3.53. The minimum Gasteiger partial charge on any atom is -0.307 e. The summed E-state index contributed by atoms with van der Waals surface area (Å²) < 4.78 is 2.31. The van der Waals surface area contributed by atoms with Crippen LogP contribution in [0.2, 0.25) is 0 Å². The summed E-state index contributed by atoms with van der Waals surface area (Å²) in [6.07, 6.45) is 0. The molecule has 0 aliphatic carbocycles. The molecule has 0 fully saturated rings. The number of thiophene rings is 2. The number of nitrogens with zero attached hydrogens (tertiary/aromatic N) is 1. The monoisotopic (exact) mass is 339 g/mol. The summed E-state index contributed by atoms with van der Waals surface area (Å²) in [7, 11) is 0. The molecule has 0 spiro atoms. The molecule has 0 atom stereocenters. The molecule has 0 N–H and O–H groups in total. The van der Waals surface area contributed by atoms with Crippen molar-refractivity contribution in [3.63, 3.8) is 0 Å². The van der Waals surface area contributed by atoms with Crippen LogP contribution in [-0.2, 0) is 0 Å². The van der Waals surface area contributed by atoms with Crippen LogP contribution in [0.4, 0.5) is 0 Å². The highest BCUT2D eigenvalue weighted by molar-refractivity contribution is 7.80. The van der Waals surface area contributed by atoms with Gasteiger partial charge in [-0.05, 0) is 47.2 Å². The predicted octanol–water partition coefficient (Wildman–Crippen LogP) is 6.22. The zero-order chi connectivity index (χ0) is 14.9. The second-order valence-electron chi connectivity index (χ2n) is 4.88. The molecular formula is C18H13NS3. The van der Waals surface area contributed by atoms with Crippen molar-refractivity contribution in [3.05, 3.63) is 71.4 Å². The van der Waals surface area contributed by atoms with Gasteiger partial charge in [-0.15, -0.1) is 35.3 Å². The molecule has 108 valence electrons. The zero-order valence-electron chi connectivity index (χ0n) is 11.6. The molecule has 4 aromatic rings. The molecule has 0 saturated heterocycles. The van der Waals surface area contributed by atoms with Crippen LogP contribution >= 0.6 is 35.3 Å². The Morgan fingerprint density at radius 3 is 1.77 bits per heavy atom. The van der Waals surface area contributed by atoms with Crippen LogP contribution < -0.4 is 0 Å². The molecule has 4 heteroatoms. The van der Waals surface area contributed by atoms with Gasteiger partial charge >= 0.3 is 0 Å². The number of thiol groups is 1. The van der Waals surface area contributed by atoms with E-state index in [2.05, 4.69) is 76.5 Å². The summed E-state index contributed by atoms with van der Waals surface area (Å²) in [5.74, 6) is 0. The maximum Gasteiger partial charge on any atom is 0.0635 e. The number of rotatable bonds is 3. The third-order valence-electron chi connectivity index (χ3n) is 3.55. The van der Waals surface area contributed by atoms with Gasteiger partial charge in [0.25, 0.3) is 0 Å². The fourth-order valence-corrected chi connectivity index (χ4v) is 4.33. The lowest BCUT2D eigenvalue weighted by atomic mass is 10.2. The van der Waals surface area contributed by atoms with E-state index in [1.807, 2.05) is 12.1 Å². The fourth-order valence-electron chi connectivity index (χ4n) is 2.58. The zero-order valence-corrected chi connectivity index (χ0v) is 14.2. The van der Waals surface area contributed by atoms with E-state index in [0.717, 1.165) is 10.6 Å². The fraction of sp³-hybridized carbons (Fsp3) is 0. The molecule has 0 saturated carbocycles. The average molecular weight is 340 g/mol. The highest BCUT2D eigenvalue weighted by Gasteiger charge is 2.16. The first-order chi connectivity index (χ1) is 10.8. The highest BCUT2D eigenvalue weighted by Crippen LogP contribution is 2.37. The number of para-hydroxylation sites is 1. The van der Waals surface area contributed by atoms with Gasteiger partial charge < -0.3 is 4.57 Å². The van der Waals surface area contributed by atoms with E-state index in [1.165, 1.54) is 21.1 Å². The Morgan fingerprint density at radius 2 is 1.27 bits per heavy atom. The lowest BCUT2D eigenvalue weighted by Gasteiger charge is -2.14. The molecule has 0 radical (unpaired) electrons. The molecule has 22 heavy (non-hydrogen) atoms. The van der Waals surface area contributed by atoms with Crippen LogP contribution in [0.5, 0.6) is 0 Å². The Balaban J connectivity index is 2.01. The predicted molar refractivity (Wildman–Crippen MR) is 99.6 cm³/mol. The number of hydrogen-bond acceptors (Lipinski definition) is 3. The van der Waals surface area contributed by atoms with Crippen molar-refractivity contribution >= 4 is 35.3 Å². The standard InChI is InChI=1S/C18H13NS3/c20-16-6-2-1-5-13(16)19-14(17-7-3-11-21-17)9-10-15(19)18-8-4-12-22-18/h1-12,20H. The second kappa shape index (κ2) is 5.80. The smallest absolute Gasteiger partial charge is 0.0635 e. The Morgan fingerprint density at radius 1 is 0.682 bits per heavy atom. The second-order valence-corrected chi connectivity index (χ2v) is 7.26. The van der Waals surface area contributed by atoms with E-state index in [-0.39, 0.29) is 0 Å². The van der Waals surface area contributed by atoms with E-state index in [4.69, 9.17) is 0 Å². The summed E-state index contributed by atoms with van der Waals surface area (Å²) in [4.78, 5) is 3.51. The van der Waals surface area contributed by atoms with E-state index >= 15 is 0 Å². The molecule has 0 unspecified atom stereocenters. The summed E-state index contributed by atoms with van der Waals surface area (Å²) >= 11 is 8.18. The van der Waals surface area contributed by atoms with Crippen molar-refractivity contribution in [3.8, 4) is 26.8 Å². The Kier molecular flexibility index (Phi) is 3.66. The van der Waals surface area contributed by atoms with Gasteiger partial charge in [0, 0.05) is 4.90 Å². The van der Waals surface area contributed by atoms with E-state index < -0.39 is 0 Å². The molecular weight excluding hydrogens is 326 g/mol. The molecule has 1 nitrogen and oxygen atoms in total. The van der Waals surface area contributed by atoms with Gasteiger partial charge in [0.05, 0.1) is 26.8 Å². The van der Waals surface area contributed by atoms with E-state index in [9.17, 15) is 0 Å². The van der Waals surface area contributed by atoms with Crippen LogP contribution in [0.1, 0.15) is 0 Å². The largest absolute Gasteiger partial charge is 0.307 e.